The summed E-state index contributed by atoms with van der Waals surface area (Å²) in [4.78, 5) is 10.5. The van der Waals surface area contributed by atoms with Crippen LogP contribution in [0.4, 0.5) is 0 Å². The number of nitrogens with one attached hydrogen (secondary N) is 1. The Balaban J connectivity index is 2.47. The third kappa shape index (κ3) is 1.48. The molecule has 1 fully saturated rings. The van der Waals surface area contributed by atoms with E-state index in [1.807, 2.05) is 6.92 Å². The molecule has 0 aromatic rings. The minimum absolute atomic E-state index is 0.145. The minimum atomic E-state index is -0.667. The van der Waals surface area contributed by atoms with Crippen molar-refractivity contribution in [2.75, 3.05) is 6.54 Å². The van der Waals surface area contributed by atoms with Crippen molar-refractivity contribution < 1.29 is 9.90 Å². The van der Waals surface area contributed by atoms with Crippen molar-refractivity contribution in [2.45, 2.75) is 25.8 Å². The largest absolute Gasteiger partial charge is 0.481 e. The van der Waals surface area contributed by atoms with E-state index in [9.17, 15) is 4.79 Å². The van der Waals surface area contributed by atoms with Gasteiger partial charge in [0.15, 0.2) is 0 Å². The zero-order valence-corrected chi connectivity index (χ0v) is 6.13. The van der Waals surface area contributed by atoms with Crippen molar-refractivity contribution in [3.05, 3.63) is 0 Å². The topological polar surface area (TPSA) is 49.3 Å². The first kappa shape index (κ1) is 7.54. The van der Waals surface area contributed by atoms with E-state index in [1.54, 1.807) is 0 Å². The third-order valence-corrected chi connectivity index (χ3v) is 2.08. The van der Waals surface area contributed by atoms with Crippen LogP contribution in [0.5, 0.6) is 0 Å². The van der Waals surface area contributed by atoms with Crippen molar-refractivity contribution in [3.8, 4) is 0 Å². The monoisotopic (exact) mass is 143 g/mol. The van der Waals surface area contributed by atoms with Crippen molar-refractivity contribution in [1.82, 2.24) is 5.32 Å². The summed E-state index contributed by atoms with van der Waals surface area (Å²) in [5, 5.41) is 11.8. The average molecular weight is 143 g/mol. The van der Waals surface area contributed by atoms with Gasteiger partial charge in [-0.2, -0.15) is 0 Å². The summed E-state index contributed by atoms with van der Waals surface area (Å²) in [7, 11) is 0. The molecular weight excluding hydrogens is 130 g/mol. The molecule has 0 saturated carbocycles. The Morgan fingerprint density at radius 3 is 2.80 bits per heavy atom. The first-order valence-electron chi connectivity index (χ1n) is 3.68. The second-order valence-corrected chi connectivity index (χ2v) is 2.83. The number of carboxylic acid groups (broad SMARTS) is 1. The van der Waals surface area contributed by atoms with Crippen LogP contribution in [0.2, 0.25) is 0 Å². The van der Waals surface area contributed by atoms with Crippen LogP contribution in [0.25, 0.3) is 0 Å². The fraction of sp³-hybridized carbons (Fsp3) is 0.857. The molecule has 2 atom stereocenters. The molecule has 0 amide bonds. The number of carboxylic acids is 1. The summed E-state index contributed by atoms with van der Waals surface area (Å²) in [6.45, 7) is 2.89. The lowest BCUT2D eigenvalue weighted by Crippen LogP contribution is -2.42. The third-order valence-electron chi connectivity index (χ3n) is 2.08. The minimum Gasteiger partial charge on any atom is -0.481 e. The standard InChI is InChI=1S/C7H13NO2/c1-5-6(7(9)10)3-2-4-8-5/h5-6,8H,2-4H2,1H3,(H,9,10)/t5-,6?/m0/s1. The van der Waals surface area contributed by atoms with Crippen LogP contribution >= 0.6 is 0 Å². The smallest absolute Gasteiger partial charge is 0.308 e. The predicted molar refractivity (Wildman–Crippen MR) is 37.8 cm³/mol. The maximum atomic E-state index is 10.5. The predicted octanol–water partition coefficient (Wildman–Crippen LogP) is 0.459. The molecule has 0 bridgehead atoms. The average Bonchev–Trinajstić information content (AvgIpc) is 1.88. The molecule has 0 aromatic heterocycles. The molecular formula is C7H13NO2. The van der Waals surface area contributed by atoms with Gasteiger partial charge in [0, 0.05) is 6.04 Å². The molecule has 1 heterocycles. The van der Waals surface area contributed by atoms with Crippen LogP contribution in [-0.4, -0.2) is 23.7 Å². The Morgan fingerprint density at radius 2 is 2.40 bits per heavy atom. The van der Waals surface area contributed by atoms with E-state index >= 15 is 0 Å². The van der Waals surface area contributed by atoms with Crippen molar-refractivity contribution in [1.29, 1.82) is 0 Å². The van der Waals surface area contributed by atoms with Crippen LogP contribution in [0.1, 0.15) is 19.8 Å². The number of piperidine rings is 1. The van der Waals surface area contributed by atoms with Gasteiger partial charge in [0.05, 0.1) is 5.92 Å². The van der Waals surface area contributed by atoms with Crippen LogP contribution in [0.3, 0.4) is 0 Å². The van der Waals surface area contributed by atoms with Gasteiger partial charge in [-0.05, 0) is 26.3 Å². The van der Waals surface area contributed by atoms with Crippen LogP contribution in [0, 0.1) is 5.92 Å². The molecule has 0 radical (unpaired) electrons. The summed E-state index contributed by atoms with van der Waals surface area (Å²) >= 11 is 0. The van der Waals surface area contributed by atoms with Crippen LogP contribution < -0.4 is 5.32 Å². The molecule has 0 spiro atoms. The van der Waals surface area contributed by atoms with Gasteiger partial charge in [-0.3, -0.25) is 4.79 Å². The van der Waals surface area contributed by atoms with Gasteiger partial charge in [0.1, 0.15) is 0 Å². The molecule has 10 heavy (non-hydrogen) atoms. The van der Waals surface area contributed by atoms with Crippen molar-refractivity contribution in [2.24, 2.45) is 5.92 Å². The van der Waals surface area contributed by atoms with Gasteiger partial charge in [-0.1, -0.05) is 0 Å². The van der Waals surface area contributed by atoms with E-state index in [0.29, 0.717) is 0 Å². The van der Waals surface area contributed by atoms with Crippen LogP contribution in [0.15, 0.2) is 0 Å². The summed E-state index contributed by atoms with van der Waals surface area (Å²) < 4.78 is 0. The highest BCUT2D eigenvalue weighted by atomic mass is 16.4. The second kappa shape index (κ2) is 3.01. The highest BCUT2D eigenvalue weighted by Gasteiger charge is 2.26. The van der Waals surface area contributed by atoms with E-state index < -0.39 is 5.97 Å². The van der Waals surface area contributed by atoms with Gasteiger partial charge in [-0.15, -0.1) is 0 Å². The Morgan fingerprint density at radius 1 is 1.70 bits per heavy atom. The molecule has 58 valence electrons. The highest BCUT2D eigenvalue weighted by molar-refractivity contribution is 5.70. The molecule has 1 unspecified atom stereocenters. The van der Waals surface area contributed by atoms with E-state index in [0.717, 1.165) is 19.4 Å². The van der Waals surface area contributed by atoms with E-state index in [2.05, 4.69) is 5.32 Å². The van der Waals surface area contributed by atoms with E-state index in [4.69, 9.17) is 5.11 Å². The lowest BCUT2D eigenvalue weighted by molar-refractivity contribution is -0.143. The first-order valence-corrected chi connectivity index (χ1v) is 3.68. The normalized spacial score (nSPS) is 33.7. The molecule has 0 aromatic carbocycles. The Bertz CT molecular complexity index is 136. The number of hydrogen-bond donors (Lipinski definition) is 2. The van der Waals surface area contributed by atoms with Crippen molar-refractivity contribution in [3.63, 3.8) is 0 Å². The summed E-state index contributed by atoms with van der Waals surface area (Å²) in [5.41, 5.74) is 0. The molecule has 0 aliphatic carbocycles. The molecule has 2 N–H and O–H groups in total. The SMILES string of the molecule is C[C@@H]1NCCCC1C(=O)O. The lowest BCUT2D eigenvalue weighted by Gasteiger charge is -2.26. The van der Waals surface area contributed by atoms with Gasteiger partial charge in [0.2, 0.25) is 0 Å². The highest BCUT2D eigenvalue weighted by Crippen LogP contribution is 2.15. The number of hydrogen-bond acceptors (Lipinski definition) is 2. The molecule has 1 aliphatic heterocycles. The molecule has 3 heteroatoms. The number of aliphatic carboxylic acids is 1. The molecule has 1 aliphatic rings. The molecule has 1 rings (SSSR count). The van der Waals surface area contributed by atoms with Gasteiger partial charge >= 0.3 is 5.97 Å². The molecule has 1 saturated heterocycles. The number of rotatable bonds is 1. The van der Waals surface area contributed by atoms with Gasteiger partial charge < -0.3 is 10.4 Å². The first-order chi connectivity index (χ1) is 4.72. The summed E-state index contributed by atoms with van der Waals surface area (Å²) in [6.07, 6.45) is 1.81. The zero-order valence-electron chi connectivity index (χ0n) is 6.13. The van der Waals surface area contributed by atoms with Gasteiger partial charge in [-0.25, -0.2) is 0 Å². The second-order valence-electron chi connectivity index (χ2n) is 2.83. The maximum Gasteiger partial charge on any atom is 0.308 e. The fourth-order valence-corrected chi connectivity index (χ4v) is 1.38. The number of carbonyl (C=O) groups is 1. The van der Waals surface area contributed by atoms with E-state index in [1.165, 1.54) is 0 Å². The van der Waals surface area contributed by atoms with Crippen molar-refractivity contribution >= 4 is 5.97 Å². The van der Waals surface area contributed by atoms with Crippen LogP contribution in [-0.2, 0) is 4.79 Å². The summed E-state index contributed by atoms with van der Waals surface area (Å²) in [6, 6.07) is 0.145. The quantitative estimate of drug-likeness (QED) is 0.560. The van der Waals surface area contributed by atoms with E-state index in [-0.39, 0.29) is 12.0 Å². The zero-order chi connectivity index (χ0) is 7.56. The molecule has 3 nitrogen and oxygen atoms in total. The summed E-state index contributed by atoms with van der Waals surface area (Å²) in [5.74, 6) is -0.839. The Kier molecular flexibility index (Phi) is 2.27. The Labute approximate surface area is 60.4 Å². The lowest BCUT2D eigenvalue weighted by atomic mass is 9.92. The Hall–Kier alpha value is -0.570. The maximum absolute atomic E-state index is 10.5. The van der Waals surface area contributed by atoms with Gasteiger partial charge in [0.25, 0.3) is 0 Å². The fourth-order valence-electron chi connectivity index (χ4n) is 1.38.